The number of hydrogen-bond donors (Lipinski definition) is 0. The maximum absolute atomic E-state index is 2.62. The van der Waals surface area contributed by atoms with Crippen LogP contribution < -0.4 is 26.1 Å². The second-order valence-electron chi connectivity index (χ2n) is 33.7. The van der Waals surface area contributed by atoms with Gasteiger partial charge in [0.05, 0.1) is 0 Å². The molecule has 0 N–H and O–H groups in total. The van der Waals surface area contributed by atoms with E-state index in [-0.39, 0.29) is 0 Å². The van der Waals surface area contributed by atoms with Crippen molar-refractivity contribution >= 4 is 55.4 Å². The second-order valence-corrected chi connectivity index (χ2v) is 42.2. The average molecular weight is 1370 g/mol. The van der Waals surface area contributed by atoms with Crippen LogP contribution >= 0.6 is 0 Å². The van der Waals surface area contributed by atoms with Gasteiger partial charge in [-0.15, -0.1) is 0 Å². The summed E-state index contributed by atoms with van der Waals surface area (Å²) in [5, 5.41) is 0. The molecule has 0 aliphatic heterocycles. The van der Waals surface area contributed by atoms with Gasteiger partial charge in [-0.25, -0.2) is 0 Å². The van der Waals surface area contributed by atoms with Crippen molar-refractivity contribution in [2.45, 2.75) is 356 Å². The third kappa shape index (κ3) is 17.8. The van der Waals surface area contributed by atoms with Crippen LogP contribution in [0.2, 0.25) is 0 Å². The molecule has 0 aliphatic rings. The minimum atomic E-state index is -2.15. The van der Waals surface area contributed by atoms with Crippen molar-refractivity contribution in [3.8, 4) is 0 Å². The predicted octanol–water partition coefficient (Wildman–Crippen LogP) is 24.6. The fourth-order valence-corrected chi connectivity index (χ4v) is 31.2. The topological polar surface area (TPSA) is 0 Å². The fraction of sp³-hybridized carbons (Fsp3) is 0.600. The van der Waals surface area contributed by atoms with E-state index in [1.165, 1.54) is 33.4 Å². The van der Waals surface area contributed by atoms with Gasteiger partial charge in [0.15, 0.2) is 0 Å². The van der Waals surface area contributed by atoms with Crippen molar-refractivity contribution in [3.63, 3.8) is 0 Å². The number of hydrogen-bond acceptors (Lipinski definition) is 0. The average Bonchev–Trinajstić information content (AvgIpc) is 0.743. The molecule has 0 unspecified atom stereocenters. The molecule has 508 valence electrons. The SMILES string of the molecule is CC(C)c1cc(C(C)C)c([As](c2c(C(C)C)cc(C(C)C)cc2C(C)C)c2c(C(C)C)cc(C(C)C)cc2C(C)C)c(C(C)C)c1.CC(C)c1cc(C(C)C)c([As](c2c(C(C)C)cc(C(C)C)cc2C(C)C)c2c(C(C)C)cc(C(C)C)cc2C(C)C)c(C(C)C)c1. The van der Waals surface area contributed by atoms with Crippen LogP contribution in [0, 0.1) is 0 Å². The molecule has 0 spiro atoms. The number of rotatable bonds is 24. The molecule has 0 heterocycles. The van der Waals surface area contributed by atoms with Crippen molar-refractivity contribution in [3.05, 3.63) is 173 Å². The zero-order valence-electron chi connectivity index (χ0n) is 66.2. The summed E-state index contributed by atoms with van der Waals surface area (Å²) < 4.78 is 10.4. The first kappa shape index (κ1) is 79.1. The summed E-state index contributed by atoms with van der Waals surface area (Å²) in [5.74, 6) is 8.59. The van der Waals surface area contributed by atoms with E-state index < -0.39 is 29.3 Å². The van der Waals surface area contributed by atoms with Gasteiger partial charge < -0.3 is 0 Å². The van der Waals surface area contributed by atoms with Crippen molar-refractivity contribution in [1.29, 1.82) is 0 Å². The molecule has 0 saturated heterocycles. The van der Waals surface area contributed by atoms with Gasteiger partial charge in [0, 0.05) is 0 Å². The van der Waals surface area contributed by atoms with E-state index in [9.17, 15) is 0 Å². The minimum absolute atomic E-state index is 0.461. The third-order valence-corrected chi connectivity index (χ3v) is 32.1. The molecule has 0 aromatic heterocycles. The Balaban J connectivity index is 0.000000334. The third-order valence-electron chi connectivity index (χ3n) is 20.0. The Morgan fingerprint density at radius 3 is 0.261 bits per heavy atom. The molecule has 2 heteroatoms. The molecule has 6 aromatic carbocycles. The first-order valence-electron chi connectivity index (χ1n) is 37.3. The van der Waals surface area contributed by atoms with Gasteiger partial charge in [-0.05, 0) is 0 Å². The van der Waals surface area contributed by atoms with Gasteiger partial charge in [0.1, 0.15) is 0 Å². The molecule has 92 heavy (non-hydrogen) atoms. The summed E-state index contributed by atoms with van der Waals surface area (Å²) in [6, 6.07) is 31.5. The van der Waals surface area contributed by atoms with Crippen molar-refractivity contribution in [2.75, 3.05) is 0 Å². The Morgan fingerprint density at radius 2 is 0.207 bits per heavy atom. The molecule has 0 aliphatic carbocycles. The normalized spacial score (nSPS) is 12.8. The van der Waals surface area contributed by atoms with E-state index >= 15 is 0 Å². The van der Waals surface area contributed by atoms with E-state index in [1.54, 1.807) is 92.9 Å². The van der Waals surface area contributed by atoms with E-state index in [4.69, 9.17) is 0 Å². The van der Waals surface area contributed by atoms with Crippen molar-refractivity contribution in [2.24, 2.45) is 0 Å². The first-order chi connectivity index (χ1) is 42.6. The van der Waals surface area contributed by atoms with Crippen molar-refractivity contribution in [1.82, 2.24) is 0 Å². The summed E-state index contributed by atoms with van der Waals surface area (Å²) in [6.45, 7) is 87.2. The zero-order chi connectivity index (χ0) is 69.9. The molecule has 0 saturated carbocycles. The molecule has 6 aromatic rings. The summed E-state index contributed by atoms with van der Waals surface area (Å²) in [6.07, 6.45) is 0. The summed E-state index contributed by atoms with van der Waals surface area (Å²) in [7, 11) is 0. The van der Waals surface area contributed by atoms with E-state index in [0.717, 1.165) is 0 Å². The van der Waals surface area contributed by atoms with Crippen LogP contribution in [-0.2, 0) is 0 Å². The predicted molar refractivity (Wildman–Crippen MR) is 422 cm³/mol. The van der Waals surface area contributed by atoms with Gasteiger partial charge in [-0.3, -0.25) is 0 Å². The molecule has 0 radical (unpaired) electrons. The molecular formula is C90H138As2. The number of benzene rings is 6. The standard InChI is InChI=1S/2C45H69As/c2*1-25(2)34-19-37(28(7)8)43(38(20-34)29(9)10)46(44-39(30(11)12)21-35(26(3)4)22-40(44)31(13)14)45-41(32(15)16)23-36(27(5)6)24-42(45)33(17)18/h2*19-33H,1-18H3. The maximum atomic E-state index is 2.62. The molecule has 6 rings (SSSR count). The summed E-state index contributed by atoms with van der Waals surface area (Å²) >= 11 is -4.30. The van der Waals surface area contributed by atoms with Crippen LogP contribution in [0.25, 0.3) is 0 Å². The molecular weight excluding hydrogens is 1230 g/mol. The Labute approximate surface area is 579 Å². The van der Waals surface area contributed by atoms with E-state index in [0.29, 0.717) is 107 Å². The Hall–Kier alpha value is -3.56. The van der Waals surface area contributed by atoms with Gasteiger partial charge in [0.2, 0.25) is 0 Å². The monoisotopic (exact) mass is 1370 g/mol. The van der Waals surface area contributed by atoms with E-state index in [1.807, 2.05) is 0 Å². The Bertz CT molecular complexity index is 2640. The van der Waals surface area contributed by atoms with Gasteiger partial charge in [-0.1, -0.05) is 0 Å². The van der Waals surface area contributed by atoms with Crippen LogP contribution in [0.15, 0.2) is 72.8 Å². The summed E-state index contributed by atoms with van der Waals surface area (Å²) in [4.78, 5) is 0. The summed E-state index contributed by atoms with van der Waals surface area (Å²) in [5.41, 5.74) is 28.2. The van der Waals surface area contributed by atoms with Crippen LogP contribution in [-0.4, -0.2) is 29.3 Å². The Morgan fingerprint density at radius 1 is 0.130 bits per heavy atom. The molecule has 0 nitrogen and oxygen atoms in total. The molecule has 0 atom stereocenters. The molecule has 0 amide bonds. The van der Waals surface area contributed by atoms with Crippen LogP contribution in [0.1, 0.15) is 456 Å². The van der Waals surface area contributed by atoms with Gasteiger partial charge in [-0.2, -0.15) is 0 Å². The first-order valence-corrected chi connectivity index (χ1v) is 42.9. The zero-order valence-corrected chi connectivity index (χ0v) is 70.0. The van der Waals surface area contributed by atoms with Crippen LogP contribution in [0.3, 0.4) is 0 Å². The van der Waals surface area contributed by atoms with Crippen molar-refractivity contribution < 1.29 is 0 Å². The fourth-order valence-electron chi connectivity index (χ4n) is 13.7. The Kier molecular flexibility index (Phi) is 28.5. The molecule has 0 bridgehead atoms. The molecule has 0 fully saturated rings. The van der Waals surface area contributed by atoms with Gasteiger partial charge >= 0.3 is 584 Å². The van der Waals surface area contributed by atoms with Crippen LogP contribution in [0.4, 0.5) is 0 Å². The van der Waals surface area contributed by atoms with Gasteiger partial charge in [0.25, 0.3) is 0 Å². The second kappa shape index (κ2) is 33.1. The van der Waals surface area contributed by atoms with E-state index in [2.05, 4.69) is 322 Å². The quantitative estimate of drug-likeness (QED) is 0.0530. The van der Waals surface area contributed by atoms with Crippen LogP contribution in [0.5, 0.6) is 0 Å².